The summed E-state index contributed by atoms with van der Waals surface area (Å²) < 4.78 is 12.8. The topological polar surface area (TPSA) is 89.7 Å². The molecular weight excluding hydrogens is 564 g/mol. The van der Waals surface area contributed by atoms with E-state index in [1.165, 1.54) is 5.56 Å². The number of aliphatic carboxylic acids is 1. The Hall–Kier alpha value is -5.37. The van der Waals surface area contributed by atoms with Gasteiger partial charge in [0.1, 0.15) is 23.6 Å². The number of aryl methyl sites for hydroxylation is 1. The molecule has 45 heavy (non-hydrogen) atoms. The first kappa shape index (κ1) is 29.7. The van der Waals surface area contributed by atoms with Gasteiger partial charge in [-0.1, -0.05) is 49.4 Å². The Bertz CT molecular complexity index is 1790. The third-order valence-corrected chi connectivity index (χ3v) is 8.33. The minimum Gasteiger partial charge on any atom is -0.497 e. The van der Waals surface area contributed by atoms with Gasteiger partial charge in [-0.2, -0.15) is 0 Å². The molecule has 1 N–H and O–H groups in total. The number of methoxy groups -OCH3 is 2. The summed E-state index contributed by atoms with van der Waals surface area (Å²) in [5.74, 6) is 1.26. The third kappa shape index (κ3) is 6.17. The van der Waals surface area contributed by atoms with Gasteiger partial charge in [-0.15, -0.1) is 0 Å². The van der Waals surface area contributed by atoms with Gasteiger partial charge in [0.05, 0.1) is 31.2 Å². The molecule has 1 aliphatic heterocycles. The fraction of sp³-hybridized carbons (Fsp3) is 0.216. The van der Waals surface area contributed by atoms with Crippen molar-refractivity contribution in [3.63, 3.8) is 0 Å². The van der Waals surface area contributed by atoms with Crippen molar-refractivity contribution in [2.75, 3.05) is 19.1 Å². The monoisotopic (exact) mass is 600 g/mol. The molecule has 0 radical (unpaired) electrons. The highest BCUT2D eigenvalue weighted by molar-refractivity contribution is 6.23. The van der Waals surface area contributed by atoms with E-state index in [1.807, 2.05) is 73.9 Å². The first-order chi connectivity index (χ1) is 22.0. The van der Waals surface area contributed by atoms with Gasteiger partial charge in [-0.25, -0.2) is 14.8 Å². The number of fused-ring (bicyclic) bond motifs is 3. The summed E-state index contributed by atoms with van der Waals surface area (Å²) in [5.41, 5.74) is 7.85. The Morgan fingerprint density at radius 3 is 2.11 bits per heavy atom. The molecule has 0 atom stereocenters. The summed E-state index contributed by atoms with van der Waals surface area (Å²) in [6, 6.07) is 27.8. The molecule has 3 aromatic carbocycles. The highest BCUT2D eigenvalue weighted by atomic mass is 16.5. The lowest BCUT2D eigenvalue weighted by Crippen LogP contribution is -2.23. The molecule has 228 valence electrons. The average Bonchev–Trinajstić information content (AvgIpc) is 3.52. The van der Waals surface area contributed by atoms with Gasteiger partial charge in [0.15, 0.2) is 0 Å². The molecule has 0 saturated carbocycles. The summed E-state index contributed by atoms with van der Waals surface area (Å²) >= 11 is 0. The first-order valence-electron chi connectivity index (χ1n) is 15.1. The number of ether oxygens (including phenoxy) is 2. The molecule has 0 bridgehead atoms. The first-order valence-corrected chi connectivity index (χ1v) is 15.1. The zero-order valence-corrected chi connectivity index (χ0v) is 25.7. The SMILES string of the molecule is CC/C(=C(/C(=O)O)c1ccnc(N(Cc2ccc(OC)cc2)Cc2ccc(OC)cc2)c1)c1ncn2c1CCc1ccccc1-2. The van der Waals surface area contributed by atoms with Crippen LogP contribution in [0.3, 0.4) is 0 Å². The van der Waals surface area contributed by atoms with Crippen LogP contribution in [-0.4, -0.2) is 39.8 Å². The number of benzene rings is 3. The molecule has 0 spiro atoms. The highest BCUT2D eigenvalue weighted by Gasteiger charge is 2.26. The molecule has 8 heteroatoms. The van der Waals surface area contributed by atoms with Crippen molar-refractivity contribution >= 4 is 22.9 Å². The number of carboxylic acid groups (broad SMARTS) is 1. The van der Waals surface area contributed by atoms with Crippen LogP contribution in [0.15, 0.2) is 97.5 Å². The second-order valence-corrected chi connectivity index (χ2v) is 11.0. The molecule has 1 aliphatic rings. The lowest BCUT2D eigenvalue weighted by Gasteiger charge is -2.25. The Morgan fingerprint density at radius 2 is 1.51 bits per heavy atom. The molecule has 0 fully saturated rings. The molecule has 6 rings (SSSR count). The lowest BCUT2D eigenvalue weighted by atomic mass is 9.93. The average molecular weight is 601 g/mol. The molecule has 0 unspecified atom stereocenters. The van der Waals surface area contributed by atoms with Crippen LogP contribution in [-0.2, 0) is 30.7 Å². The van der Waals surface area contributed by atoms with E-state index in [2.05, 4.69) is 27.7 Å². The number of hydrogen-bond donors (Lipinski definition) is 1. The number of carbonyl (C=O) groups is 1. The van der Waals surface area contributed by atoms with Crippen LogP contribution in [0.2, 0.25) is 0 Å². The van der Waals surface area contributed by atoms with E-state index in [4.69, 9.17) is 19.4 Å². The smallest absolute Gasteiger partial charge is 0.336 e. The van der Waals surface area contributed by atoms with Gasteiger partial charge in [-0.3, -0.25) is 0 Å². The fourth-order valence-electron chi connectivity index (χ4n) is 6.04. The number of nitrogens with zero attached hydrogens (tertiary/aromatic N) is 4. The van der Waals surface area contributed by atoms with Gasteiger partial charge in [-0.05, 0) is 89.6 Å². The second kappa shape index (κ2) is 13.1. The van der Waals surface area contributed by atoms with Crippen LogP contribution in [0.25, 0.3) is 16.8 Å². The van der Waals surface area contributed by atoms with Crippen molar-refractivity contribution in [2.45, 2.75) is 39.3 Å². The Kier molecular flexibility index (Phi) is 8.64. The van der Waals surface area contributed by atoms with Crippen molar-refractivity contribution in [3.05, 3.63) is 131 Å². The highest BCUT2D eigenvalue weighted by Crippen LogP contribution is 2.35. The predicted molar refractivity (Wildman–Crippen MR) is 176 cm³/mol. The normalized spacial score (nSPS) is 12.5. The largest absolute Gasteiger partial charge is 0.497 e. The number of para-hydroxylation sites is 1. The zero-order valence-electron chi connectivity index (χ0n) is 25.7. The minimum atomic E-state index is -0.987. The number of pyridine rings is 1. The summed E-state index contributed by atoms with van der Waals surface area (Å²) in [7, 11) is 3.30. The lowest BCUT2D eigenvalue weighted by molar-refractivity contribution is -0.130. The number of imidazole rings is 1. The number of carboxylic acids is 1. The molecular formula is C37H36N4O4. The van der Waals surface area contributed by atoms with Gasteiger partial charge >= 0.3 is 5.97 Å². The van der Waals surface area contributed by atoms with Crippen molar-refractivity contribution in [1.82, 2.24) is 14.5 Å². The Balaban J connectivity index is 1.41. The van der Waals surface area contributed by atoms with Gasteiger partial charge in [0, 0.05) is 25.0 Å². The number of hydrogen-bond acceptors (Lipinski definition) is 6. The minimum absolute atomic E-state index is 0.246. The summed E-state index contributed by atoms with van der Waals surface area (Å²) in [5, 5.41) is 10.6. The Labute approximate surface area is 263 Å². The van der Waals surface area contributed by atoms with E-state index in [9.17, 15) is 9.90 Å². The van der Waals surface area contributed by atoms with E-state index in [0.29, 0.717) is 36.5 Å². The van der Waals surface area contributed by atoms with E-state index >= 15 is 0 Å². The summed E-state index contributed by atoms with van der Waals surface area (Å²) in [4.78, 5) is 24.7. The van der Waals surface area contributed by atoms with Crippen LogP contribution >= 0.6 is 0 Å². The van der Waals surface area contributed by atoms with E-state index in [1.54, 1.807) is 26.5 Å². The Morgan fingerprint density at radius 1 is 0.867 bits per heavy atom. The van der Waals surface area contributed by atoms with Gasteiger partial charge in [0.25, 0.3) is 0 Å². The van der Waals surface area contributed by atoms with Crippen LogP contribution in [0, 0.1) is 0 Å². The van der Waals surface area contributed by atoms with Crippen molar-refractivity contribution < 1.29 is 19.4 Å². The van der Waals surface area contributed by atoms with Crippen molar-refractivity contribution in [1.29, 1.82) is 0 Å². The number of anilines is 1. The number of allylic oxidation sites excluding steroid dienone is 1. The maximum Gasteiger partial charge on any atom is 0.336 e. The van der Waals surface area contributed by atoms with Crippen molar-refractivity contribution in [3.8, 4) is 17.2 Å². The van der Waals surface area contributed by atoms with Gasteiger partial charge in [0.2, 0.25) is 0 Å². The number of aromatic nitrogens is 3. The molecule has 5 aromatic rings. The molecule has 8 nitrogen and oxygen atoms in total. The van der Waals surface area contributed by atoms with E-state index < -0.39 is 5.97 Å². The van der Waals surface area contributed by atoms with Crippen LogP contribution in [0.5, 0.6) is 11.5 Å². The molecule has 0 aliphatic carbocycles. The molecule has 0 amide bonds. The van der Waals surface area contributed by atoms with Gasteiger partial charge < -0.3 is 24.0 Å². The maximum absolute atomic E-state index is 13.0. The van der Waals surface area contributed by atoms with Crippen LogP contribution < -0.4 is 14.4 Å². The zero-order chi connectivity index (χ0) is 31.3. The summed E-state index contributed by atoms with van der Waals surface area (Å²) in [6.45, 7) is 3.11. The van der Waals surface area contributed by atoms with Crippen LogP contribution in [0.1, 0.15) is 47.0 Å². The standard InChI is InChI=1S/C37H36N4O4/c1-4-31(36-33-18-13-27-7-5-6-8-32(27)41(33)24-39-36)35(37(42)43)28-19-20-38-34(21-28)40(22-25-9-14-29(44-2)15-10-25)23-26-11-16-30(45-3)17-12-26/h5-12,14-17,19-21,24H,4,13,18,22-23H2,1-3H3,(H,42,43)/b35-31-. The molecule has 3 heterocycles. The van der Waals surface area contributed by atoms with Crippen molar-refractivity contribution in [2.24, 2.45) is 0 Å². The predicted octanol–water partition coefficient (Wildman–Crippen LogP) is 7.00. The maximum atomic E-state index is 13.0. The third-order valence-electron chi connectivity index (χ3n) is 8.33. The van der Waals surface area contributed by atoms with E-state index in [-0.39, 0.29) is 5.57 Å². The van der Waals surface area contributed by atoms with E-state index in [0.717, 1.165) is 52.5 Å². The fourth-order valence-corrected chi connectivity index (χ4v) is 6.04. The quantitative estimate of drug-likeness (QED) is 0.163. The molecule has 0 saturated heterocycles. The molecule has 2 aromatic heterocycles. The second-order valence-electron chi connectivity index (χ2n) is 11.0. The van der Waals surface area contributed by atoms with Crippen LogP contribution in [0.4, 0.5) is 5.82 Å². The number of rotatable bonds is 11. The summed E-state index contributed by atoms with van der Waals surface area (Å²) in [6.07, 6.45) is 5.71.